The molecule has 0 aromatic heterocycles. The maximum atomic E-state index is 14.4. The topological polar surface area (TPSA) is 78.8 Å². The number of carbonyl (C=O) groups excluding carboxylic acids is 1. The second kappa shape index (κ2) is 7.76. The van der Waals surface area contributed by atoms with Crippen LogP contribution < -0.4 is 4.72 Å². The summed E-state index contributed by atoms with van der Waals surface area (Å²) in [5, 5.41) is 0. The molecular weight excluding hydrogens is 431 g/mol. The number of carbonyl (C=O) groups is 1. The zero-order valence-electron chi connectivity index (χ0n) is 16.3. The van der Waals surface area contributed by atoms with Gasteiger partial charge < -0.3 is 0 Å². The fraction of sp³-hybridized carbons (Fsp3) is 0.333. The molecule has 6 nitrogen and oxygen atoms in total. The summed E-state index contributed by atoms with van der Waals surface area (Å²) >= 11 is 0. The zero-order chi connectivity index (χ0) is 22.3. The van der Waals surface area contributed by atoms with Crippen molar-refractivity contribution >= 4 is 21.8 Å². The Morgan fingerprint density at radius 2 is 1.52 bits per heavy atom. The van der Waals surface area contributed by atoms with Crippen LogP contribution in [0.4, 0.5) is 13.2 Å². The molecular formula is C21H20F3N3O3S. The molecule has 1 unspecified atom stereocenters. The number of amidine groups is 1. The van der Waals surface area contributed by atoms with Crippen LogP contribution in [0.15, 0.2) is 70.6 Å². The summed E-state index contributed by atoms with van der Waals surface area (Å²) in [7, 11) is -4.70. The number of rotatable bonds is 5. The van der Waals surface area contributed by atoms with Gasteiger partial charge >= 0.3 is 11.8 Å². The highest BCUT2D eigenvalue weighted by molar-refractivity contribution is 7.89. The summed E-state index contributed by atoms with van der Waals surface area (Å²) < 4.78 is 70.3. The molecule has 1 fully saturated rings. The third-order valence-corrected chi connectivity index (χ3v) is 6.95. The van der Waals surface area contributed by atoms with Crippen LogP contribution in [0.2, 0.25) is 0 Å². The smallest absolute Gasteiger partial charge is 0.290 e. The molecule has 0 spiro atoms. The predicted octanol–water partition coefficient (Wildman–Crippen LogP) is 3.46. The van der Waals surface area contributed by atoms with Crippen molar-refractivity contribution < 1.29 is 26.4 Å². The number of aliphatic imine (C=N–C) groups is 1. The molecule has 1 amide bonds. The van der Waals surface area contributed by atoms with Crippen LogP contribution in [0.1, 0.15) is 31.2 Å². The van der Waals surface area contributed by atoms with E-state index in [-0.39, 0.29) is 10.7 Å². The van der Waals surface area contributed by atoms with Crippen molar-refractivity contribution in [3.8, 4) is 0 Å². The summed E-state index contributed by atoms with van der Waals surface area (Å²) in [5.41, 5.74) is -3.32. The summed E-state index contributed by atoms with van der Waals surface area (Å²) in [6.45, 7) is 0. The van der Waals surface area contributed by atoms with Crippen molar-refractivity contribution in [3.63, 3.8) is 0 Å². The molecule has 0 saturated heterocycles. The van der Waals surface area contributed by atoms with Crippen molar-refractivity contribution in [2.75, 3.05) is 0 Å². The van der Waals surface area contributed by atoms with Gasteiger partial charge in [0.15, 0.2) is 0 Å². The fourth-order valence-corrected chi connectivity index (χ4v) is 5.26. The standard InChI is InChI=1S/C21H20F3N3O3S/c22-21(23,24)20(26-31(29,30)17-13-5-2-6-14-17)19(28)27(16-11-7-8-12-16)18(25-20)15-9-3-1-4-10-15/h1-6,9-10,13-14,16,26H,7-8,11-12H2. The highest BCUT2D eigenvalue weighted by Gasteiger charge is 2.68. The number of hydrogen-bond donors (Lipinski definition) is 1. The summed E-state index contributed by atoms with van der Waals surface area (Å²) in [5.74, 6) is -1.60. The number of sulfonamides is 1. The van der Waals surface area contributed by atoms with E-state index < -0.39 is 33.8 Å². The number of nitrogens with one attached hydrogen (secondary N) is 1. The molecule has 1 saturated carbocycles. The number of nitrogens with zero attached hydrogens (tertiary/aromatic N) is 2. The molecule has 1 N–H and O–H groups in total. The lowest BCUT2D eigenvalue weighted by molar-refractivity contribution is -0.194. The minimum absolute atomic E-state index is 0.175. The molecule has 2 aliphatic rings. The van der Waals surface area contributed by atoms with Gasteiger partial charge in [0, 0.05) is 11.6 Å². The van der Waals surface area contributed by atoms with E-state index in [0.717, 1.165) is 29.9 Å². The average Bonchev–Trinajstić information content (AvgIpc) is 3.36. The number of benzene rings is 2. The van der Waals surface area contributed by atoms with Crippen molar-refractivity contribution in [3.05, 3.63) is 66.2 Å². The van der Waals surface area contributed by atoms with Crippen molar-refractivity contribution in [1.82, 2.24) is 9.62 Å². The molecule has 4 rings (SSSR count). The van der Waals surface area contributed by atoms with Crippen molar-refractivity contribution in [2.24, 2.45) is 4.99 Å². The van der Waals surface area contributed by atoms with Gasteiger partial charge in [0.2, 0.25) is 10.0 Å². The van der Waals surface area contributed by atoms with Gasteiger partial charge in [-0.05, 0) is 25.0 Å². The van der Waals surface area contributed by atoms with Crippen molar-refractivity contribution in [2.45, 2.75) is 48.5 Å². The third-order valence-electron chi connectivity index (χ3n) is 5.50. The normalized spacial score (nSPS) is 22.7. The molecule has 1 aliphatic carbocycles. The molecule has 0 bridgehead atoms. The molecule has 0 radical (unpaired) electrons. The lowest BCUT2D eigenvalue weighted by atomic mass is 10.1. The van der Waals surface area contributed by atoms with Gasteiger partial charge in [-0.3, -0.25) is 9.69 Å². The SMILES string of the molecule is O=C1N(C2CCCC2)C(c2ccccc2)=NC1(NS(=O)(=O)c1ccccc1)C(F)(F)F. The van der Waals surface area contributed by atoms with Gasteiger partial charge in [-0.25, -0.2) is 13.4 Å². The molecule has 1 atom stereocenters. The van der Waals surface area contributed by atoms with E-state index >= 15 is 0 Å². The fourth-order valence-electron chi connectivity index (χ4n) is 3.99. The first-order chi connectivity index (χ1) is 14.7. The Morgan fingerprint density at radius 3 is 2.06 bits per heavy atom. The van der Waals surface area contributed by atoms with Crippen LogP contribution in [-0.2, 0) is 14.8 Å². The molecule has 164 valence electrons. The quantitative estimate of drug-likeness (QED) is 0.756. The molecule has 2 aromatic carbocycles. The first kappa shape index (κ1) is 21.5. The van der Waals surface area contributed by atoms with Crippen LogP contribution in [-0.4, -0.2) is 42.9 Å². The van der Waals surface area contributed by atoms with E-state index in [1.165, 1.54) is 18.2 Å². The maximum Gasteiger partial charge on any atom is 0.437 e. The zero-order valence-corrected chi connectivity index (χ0v) is 17.2. The number of alkyl halides is 3. The molecule has 10 heteroatoms. The second-order valence-electron chi connectivity index (χ2n) is 7.54. The monoisotopic (exact) mass is 451 g/mol. The lowest BCUT2D eigenvalue weighted by Gasteiger charge is -2.31. The molecule has 1 heterocycles. The second-order valence-corrected chi connectivity index (χ2v) is 9.22. The summed E-state index contributed by atoms with van der Waals surface area (Å²) in [6, 6.07) is 14.2. The van der Waals surface area contributed by atoms with E-state index in [0.29, 0.717) is 18.4 Å². The maximum absolute atomic E-state index is 14.4. The van der Waals surface area contributed by atoms with E-state index in [4.69, 9.17) is 0 Å². The Bertz CT molecular complexity index is 1100. The van der Waals surface area contributed by atoms with Crippen molar-refractivity contribution in [1.29, 1.82) is 0 Å². The minimum atomic E-state index is -5.29. The Morgan fingerprint density at radius 1 is 0.968 bits per heavy atom. The van der Waals surface area contributed by atoms with Gasteiger partial charge in [0.05, 0.1) is 4.90 Å². The lowest BCUT2D eigenvalue weighted by Crippen LogP contribution is -2.64. The van der Waals surface area contributed by atoms with Crippen LogP contribution in [0, 0.1) is 0 Å². The predicted molar refractivity (Wildman–Crippen MR) is 108 cm³/mol. The minimum Gasteiger partial charge on any atom is -0.290 e. The average molecular weight is 451 g/mol. The Balaban J connectivity index is 1.87. The van der Waals surface area contributed by atoms with Gasteiger partial charge in [-0.1, -0.05) is 61.4 Å². The van der Waals surface area contributed by atoms with Gasteiger partial charge in [0.25, 0.3) is 5.91 Å². The summed E-state index contributed by atoms with van der Waals surface area (Å²) in [4.78, 5) is 17.7. The van der Waals surface area contributed by atoms with E-state index in [2.05, 4.69) is 4.99 Å². The van der Waals surface area contributed by atoms with E-state index in [9.17, 15) is 26.4 Å². The summed E-state index contributed by atoms with van der Waals surface area (Å²) in [6.07, 6.45) is -2.70. The van der Waals surface area contributed by atoms with E-state index in [1.807, 2.05) is 0 Å². The van der Waals surface area contributed by atoms with Gasteiger partial charge in [-0.15, -0.1) is 0 Å². The number of amides is 1. The first-order valence-electron chi connectivity index (χ1n) is 9.80. The molecule has 1 aliphatic heterocycles. The highest BCUT2D eigenvalue weighted by Crippen LogP contribution is 2.42. The van der Waals surface area contributed by atoms with Crippen LogP contribution >= 0.6 is 0 Å². The molecule has 2 aromatic rings. The third kappa shape index (κ3) is 3.74. The molecule has 31 heavy (non-hydrogen) atoms. The first-order valence-corrected chi connectivity index (χ1v) is 11.3. The number of halogens is 3. The Kier molecular flexibility index (Phi) is 5.38. The van der Waals surface area contributed by atoms with Crippen LogP contribution in [0.25, 0.3) is 0 Å². The van der Waals surface area contributed by atoms with Gasteiger partial charge in [0.1, 0.15) is 5.84 Å². The van der Waals surface area contributed by atoms with Gasteiger partial charge in [-0.2, -0.15) is 17.9 Å². The Labute approximate surface area is 177 Å². The highest BCUT2D eigenvalue weighted by atomic mass is 32.2. The largest absolute Gasteiger partial charge is 0.437 e. The van der Waals surface area contributed by atoms with E-state index in [1.54, 1.807) is 35.1 Å². The number of hydrogen-bond acceptors (Lipinski definition) is 4. The Hall–Kier alpha value is -2.72. The van der Waals surface area contributed by atoms with Crippen LogP contribution in [0.3, 0.4) is 0 Å². The van der Waals surface area contributed by atoms with Crippen LogP contribution in [0.5, 0.6) is 0 Å².